The highest BCUT2D eigenvalue weighted by atomic mass is 32.2. The summed E-state index contributed by atoms with van der Waals surface area (Å²) in [4.78, 5) is 11.5. The minimum absolute atomic E-state index is 0.0629. The fourth-order valence-corrected chi connectivity index (χ4v) is 3.18. The normalized spacial score (nSPS) is 13.4. The molecule has 4 heteroatoms. The van der Waals surface area contributed by atoms with Gasteiger partial charge in [0.05, 0.1) is 5.75 Å². The maximum Gasteiger partial charge on any atom is 0.164 e. The van der Waals surface area contributed by atoms with E-state index in [2.05, 4.69) is 0 Å². The van der Waals surface area contributed by atoms with Crippen LogP contribution in [0.15, 0.2) is 24.3 Å². The topological polar surface area (TPSA) is 51.2 Å². The van der Waals surface area contributed by atoms with Crippen molar-refractivity contribution in [3.05, 3.63) is 35.4 Å². The molecule has 0 fully saturated rings. The maximum atomic E-state index is 12.0. The Morgan fingerprint density at radius 2 is 1.88 bits per heavy atom. The molecule has 0 aliphatic heterocycles. The highest BCUT2D eigenvalue weighted by Crippen LogP contribution is 2.16. The largest absolute Gasteiger partial charge is 0.298 e. The van der Waals surface area contributed by atoms with Gasteiger partial charge in [-0.3, -0.25) is 4.79 Å². The fourth-order valence-electron chi connectivity index (χ4n) is 1.60. The van der Waals surface area contributed by atoms with E-state index < -0.39 is 15.1 Å². The molecule has 0 spiro atoms. The van der Waals surface area contributed by atoms with E-state index in [0.29, 0.717) is 0 Å². The Labute approximate surface area is 103 Å². The first-order valence-corrected chi connectivity index (χ1v) is 7.38. The van der Waals surface area contributed by atoms with Crippen molar-refractivity contribution in [2.24, 2.45) is 0 Å². The van der Waals surface area contributed by atoms with Gasteiger partial charge in [0, 0.05) is 6.42 Å². The molecule has 0 radical (unpaired) electrons. The average Bonchev–Trinajstić information content (AvgIpc) is 2.30. The summed E-state index contributed by atoms with van der Waals surface area (Å²) in [7, 11) is -3.40. The lowest BCUT2D eigenvalue weighted by atomic mass is 10.1. The molecule has 1 rings (SSSR count). The molecule has 94 valence electrons. The Morgan fingerprint density at radius 3 is 2.41 bits per heavy atom. The first-order valence-electron chi connectivity index (χ1n) is 5.67. The highest BCUT2D eigenvalue weighted by molar-refractivity contribution is 7.92. The minimum Gasteiger partial charge on any atom is -0.298 e. The summed E-state index contributed by atoms with van der Waals surface area (Å²) >= 11 is 0. The van der Waals surface area contributed by atoms with Crippen LogP contribution < -0.4 is 0 Å². The minimum atomic E-state index is -3.40. The summed E-state index contributed by atoms with van der Waals surface area (Å²) in [6.07, 6.45) is 0.258. The van der Waals surface area contributed by atoms with E-state index in [0.717, 1.165) is 11.1 Å². The van der Waals surface area contributed by atoms with Gasteiger partial charge in [0.15, 0.2) is 9.84 Å². The molecular weight excluding hydrogens is 236 g/mol. The molecule has 0 aliphatic carbocycles. The zero-order chi connectivity index (χ0) is 13.1. The van der Waals surface area contributed by atoms with Crippen molar-refractivity contribution in [1.82, 2.24) is 0 Å². The standard InChI is InChI=1S/C13H18O3S/c1-4-13(14)11(3)17(15,16)9-12-8-6-5-7-10(12)2/h5-8,11H,4,9H2,1-3H3. The van der Waals surface area contributed by atoms with Crippen LogP contribution in [-0.2, 0) is 20.4 Å². The number of hydrogen-bond donors (Lipinski definition) is 0. The van der Waals surface area contributed by atoms with Crippen molar-refractivity contribution < 1.29 is 13.2 Å². The van der Waals surface area contributed by atoms with Gasteiger partial charge >= 0.3 is 0 Å². The first-order chi connectivity index (χ1) is 7.88. The fraction of sp³-hybridized carbons (Fsp3) is 0.462. The molecule has 0 amide bonds. The lowest BCUT2D eigenvalue weighted by Gasteiger charge is -2.12. The molecule has 0 aliphatic rings. The van der Waals surface area contributed by atoms with Gasteiger partial charge in [-0.2, -0.15) is 0 Å². The van der Waals surface area contributed by atoms with Crippen LogP contribution in [0.5, 0.6) is 0 Å². The second-order valence-corrected chi connectivity index (χ2v) is 6.52. The molecule has 1 aromatic carbocycles. The molecule has 1 unspecified atom stereocenters. The third-order valence-corrected chi connectivity index (χ3v) is 5.01. The second kappa shape index (κ2) is 5.45. The number of benzene rings is 1. The van der Waals surface area contributed by atoms with Crippen LogP contribution in [0.2, 0.25) is 0 Å². The predicted octanol–water partition coefficient (Wildman–Crippen LogP) is 2.28. The molecule has 0 saturated heterocycles. The van der Waals surface area contributed by atoms with E-state index in [1.165, 1.54) is 6.92 Å². The van der Waals surface area contributed by atoms with Gasteiger partial charge < -0.3 is 0 Å². The average molecular weight is 254 g/mol. The zero-order valence-corrected chi connectivity index (χ0v) is 11.3. The van der Waals surface area contributed by atoms with Gasteiger partial charge in [0.1, 0.15) is 11.0 Å². The summed E-state index contributed by atoms with van der Waals surface area (Å²) in [5.41, 5.74) is 1.70. The quantitative estimate of drug-likeness (QED) is 0.810. The van der Waals surface area contributed by atoms with Crippen LogP contribution in [0.25, 0.3) is 0 Å². The van der Waals surface area contributed by atoms with Crippen molar-refractivity contribution in [3.63, 3.8) is 0 Å². The summed E-state index contributed by atoms with van der Waals surface area (Å²) in [6.45, 7) is 5.03. The number of hydrogen-bond acceptors (Lipinski definition) is 3. The van der Waals surface area contributed by atoms with Crippen LogP contribution in [-0.4, -0.2) is 19.5 Å². The lowest BCUT2D eigenvalue weighted by Crippen LogP contribution is -2.28. The lowest BCUT2D eigenvalue weighted by molar-refractivity contribution is -0.118. The van der Waals surface area contributed by atoms with Crippen LogP contribution in [0.3, 0.4) is 0 Å². The monoisotopic (exact) mass is 254 g/mol. The maximum absolute atomic E-state index is 12.0. The van der Waals surface area contributed by atoms with E-state index >= 15 is 0 Å². The summed E-state index contributed by atoms with van der Waals surface area (Å²) < 4.78 is 24.1. The van der Waals surface area contributed by atoms with Gasteiger partial charge in [-0.05, 0) is 25.0 Å². The molecule has 0 heterocycles. The van der Waals surface area contributed by atoms with Crippen LogP contribution in [0.1, 0.15) is 31.4 Å². The number of ketones is 1. The third kappa shape index (κ3) is 3.40. The van der Waals surface area contributed by atoms with E-state index in [9.17, 15) is 13.2 Å². The van der Waals surface area contributed by atoms with E-state index in [4.69, 9.17) is 0 Å². The Balaban J connectivity index is 2.95. The van der Waals surface area contributed by atoms with Crippen molar-refractivity contribution >= 4 is 15.6 Å². The molecule has 0 bridgehead atoms. The Kier molecular flexibility index (Phi) is 4.46. The molecule has 1 aromatic rings. The van der Waals surface area contributed by atoms with E-state index in [1.54, 1.807) is 13.0 Å². The van der Waals surface area contributed by atoms with Crippen molar-refractivity contribution in [2.75, 3.05) is 0 Å². The van der Waals surface area contributed by atoms with Gasteiger partial charge in [0.2, 0.25) is 0 Å². The Bertz CT molecular complexity index is 503. The number of sulfone groups is 1. The molecule has 0 aromatic heterocycles. The Morgan fingerprint density at radius 1 is 1.29 bits per heavy atom. The molecule has 0 saturated carbocycles. The summed E-state index contributed by atoms with van der Waals surface area (Å²) in [5, 5.41) is -0.910. The molecular formula is C13H18O3S. The Hall–Kier alpha value is -1.16. The van der Waals surface area contributed by atoms with Crippen molar-refractivity contribution in [2.45, 2.75) is 38.2 Å². The highest BCUT2D eigenvalue weighted by Gasteiger charge is 2.26. The number of aryl methyl sites for hydroxylation is 1. The van der Waals surface area contributed by atoms with Crippen molar-refractivity contribution in [1.29, 1.82) is 0 Å². The summed E-state index contributed by atoms with van der Waals surface area (Å²) in [5.74, 6) is -0.286. The number of carbonyl (C=O) groups is 1. The van der Waals surface area contributed by atoms with E-state index in [1.807, 2.05) is 25.1 Å². The van der Waals surface area contributed by atoms with Crippen LogP contribution in [0, 0.1) is 6.92 Å². The molecule has 0 N–H and O–H groups in total. The van der Waals surface area contributed by atoms with E-state index in [-0.39, 0.29) is 18.0 Å². The number of carbonyl (C=O) groups excluding carboxylic acids is 1. The molecule has 3 nitrogen and oxygen atoms in total. The van der Waals surface area contributed by atoms with Crippen LogP contribution >= 0.6 is 0 Å². The molecule has 1 atom stereocenters. The number of Topliss-reactive ketones (excluding diaryl/α,β-unsaturated/α-hetero) is 1. The van der Waals surface area contributed by atoms with Gasteiger partial charge in [0.25, 0.3) is 0 Å². The first kappa shape index (κ1) is 13.9. The molecule has 17 heavy (non-hydrogen) atoms. The van der Waals surface area contributed by atoms with Crippen LogP contribution in [0.4, 0.5) is 0 Å². The van der Waals surface area contributed by atoms with Crippen molar-refractivity contribution in [3.8, 4) is 0 Å². The number of rotatable bonds is 5. The zero-order valence-electron chi connectivity index (χ0n) is 10.4. The summed E-state index contributed by atoms with van der Waals surface area (Å²) in [6, 6.07) is 7.34. The SMILES string of the molecule is CCC(=O)C(C)S(=O)(=O)Cc1ccccc1C. The second-order valence-electron chi connectivity index (χ2n) is 4.20. The van der Waals surface area contributed by atoms with Gasteiger partial charge in [-0.25, -0.2) is 8.42 Å². The smallest absolute Gasteiger partial charge is 0.164 e. The van der Waals surface area contributed by atoms with Gasteiger partial charge in [-0.15, -0.1) is 0 Å². The predicted molar refractivity (Wildman–Crippen MR) is 68.6 cm³/mol. The van der Waals surface area contributed by atoms with Gasteiger partial charge in [-0.1, -0.05) is 31.2 Å². The third-order valence-electron chi connectivity index (χ3n) is 2.96.